The van der Waals surface area contributed by atoms with Crippen molar-refractivity contribution in [2.45, 2.75) is 59.0 Å². The first-order valence-corrected chi connectivity index (χ1v) is 12.5. The van der Waals surface area contributed by atoms with Crippen molar-refractivity contribution in [2.24, 2.45) is 41.4 Å². The summed E-state index contributed by atoms with van der Waals surface area (Å²) in [7, 11) is 0. The number of carbonyl (C=O) groups is 1. The van der Waals surface area contributed by atoms with E-state index in [9.17, 15) is 9.18 Å². The van der Waals surface area contributed by atoms with Crippen molar-refractivity contribution in [3.63, 3.8) is 0 Å². The van der Waals surface area contributed by atoms with Gasteiger partial charge in [-0.3, -0.25) is 4.79 Å². The minimum absolute atomic E-state index is 0.0150. The monoisotopic (exact) mass is 434 g/mol. The van der Waals surface area contributed by atoms with Gasteiger partial charge in [-0.2, -0.15) is 0 Å². The van der Waals surface area contributed by atoms with Crippen molar-refractivity contribution < 1.29 is 13.9 Å². The molecule has 3 aliphatic carbocycles. The molecule has 8 atom stereocenters. The topological polar surface area (TPSA) is 26.3 Å². The molecule has 32 heavy (non-hydrogen) atoms. The second kappa shape index (κ2) is 8.65. The molecule has 2 nitrogen and oxygen atoms in total. The smallest absolute Gasteiger partial charge is 0.309 e. The highest BCUT2D eigenvalue weighted by atomic mass is 19.1. The Morgan fingerprint density at radius 1 is 1.09 bits per heavy atom. The van der Waals surface area contributed by atoms with E-state index in [0.29, 0.717) is 29.6 Å². The lowest BCUT2D eigenvalue weighted by Gasteiger charge is -2.47. The van der Waals surface area contributed by atoms with E-state index < -0.39 is 0 Å². The maximum atomic E-state index is 13.7. The molecule has 1 saturated heterocycles. The van der Waals surface area contributed by atoms with Crippen molar-refractivity contribution in [3.05, 3.63) is 65.5 Å². The van der Waals surface area contributed by atoms with Crippen molar-refractivity contribution in [1.82, 2.24) is 0 Å². The van der Waals surface area contributed by atoms with E-state index >= 15 is 0 Å². The standard InChI is InChI=1S/C29H35FO2/c1-17-7-10-25-22(13-17)16-27-28(19(3)32-29(27)31)26(25)12-9-20-8-11-24(18(2)14-20)21-5-4-6-23(30)15-21/h4-6,8-9,11-12,15,17-19,22,25-28H,7,10,13-14,16H2,1-3H3/b12-9+/t17-,18?,19+,22-,25-,26-,27-,28+/m0/s1. The fraction of sp³-hybridized carbons (Fsp3) is 0.552. The van der Waals surface area contributed by atoms with Crippen LogP contribution in [0.25, 0.3) is 5.57 Å². The van der Waals surface area contributed by atoms with Gasteiger partial charge in [0.15, 0.2) is 0 Å². The normalized spacial score (nSPS) is 39.2. The third-order valence-electron chi connectivity index (χ3n) is 8.65. The van der Waals surface area contributed by atoms with E-state index in [1.54, 1.807) is 12.1 Å². The summed E-state index contributed by atoms with van der Waals surface area (Å²) in [6, 6.07) is 6.90. The molecular weight excluding hydrogens is 399 g/mol. The van der Waals surface area contributed by atoms with Gasteiger partial charge >= 0.3 is 5.97 Å². The first-order valence-electron chi connectivity index (χ1n) is 12.5. The molecule has 0 bridgehead atoms. The number of ether oxygens (including phenoxy) is 1. The molecule has 1 aromatic rings. The number of halogens is 1. The van der Waals surface area contributed by atoms with Gasteiger partial charge in [0.1, 0.15) is 11.9 Å². The minimum Gasteiger partial charge on any atom is -0.462 e. The van der Waals surface area contributed by atoms with Gasteiger partial charge in [0, 0.05) is 5.92 Å². The van der Waals surface area contributed by atoms with Crippen LogP contribution in [0.3, 0.4) is 0 Å². The highest BCUT2D eigenvalue weighted by molar-refractivity contribution is 5.75. The molecule has 1 heterocycles. The average molecular weight is 435 g/mol. The lowest BCUT2D eigenvalue weighted by molar-refractivity contribution is -0.144. The lowest BCUT2D eigenvalue weighted by atomic mass is 9.56. The predicted octanol–water partition coefficient (Wildman–Crippen LogP) is 6.98. The van der Waals surface area contributed by atoms with Crippen LogP contribution < -0.4 is 0 Å². The van der Waals surface area contributed by atoms with Crippen LogP contribution in [0.1, 0.15) is 58.4 Å². The number of hydrogen-bond acceptors (Lipinski definition) is 2. The van der Waals surface area contributed by atoms with Crippen LogP contribution in [-0.4, -0.2) is 12.1 Å². The lowest BCUT2D eigenvalue weighted by Crippen LogP contribution is -2.43. The molecule has 5 rings (SSSR count). The Labute approximate surface area is 191 Å². The largest absolute Gasteiger partial charge is 0.462 e. The Morgan fingerprint density at radius 3 is 2.72 bits per heavy atom. The summed E-state index contributed by atoms with van der Waals surface area (Å²) in [4.78, 5) is 12.6. The fourth-order valence-corrected chi connectivity index (χ4v) is 7.15. The van der Waals surface area contributed by atoms with Crippen LogP contribution in [0.4, 0.5) is 4.39 Å². The Balaban J connectivity index is 1.40. The summed E-state index contributed by atoms with van der Waals surface area (Å²) in [6.45, 7) is 6.67. The van der Waals surface area contributed by atoms with Gasteiger partial charge in [-0.15, -0.1) is 0 Å². The highest BCUT2D eigenvalue weighted by Gasteiger charge is 2.54. The van der Waals surface area contributed by atoms with Gasteiger partial charge in [-0.25, -0.2) is 4.39 Å². The van der Waals surface area contributed by atoms with Crippen LogP contribution in [0.15, 0.2) is 54.1 Å². The van der Waals surface area contributed by atoms with Gasteiger partial charge in [-0.1, -0.05) is 56.7 Å². The number of benzene rings is 1. The first kappa shape index (κ1) is 21.7. The molecule has 1 aliphatic heterocycles. The van der Waals surface area contributed by atoms with Crippen molar-refractivity contribution >= 4 is 11.5 Å². The second-order valence-electron chi connectivity index (χ2n) is 10.8. The number of rotatable bonds is 3. The Morgan fingerprint density at radius 2 is 1.94 bits per heavy atom. The zero-order valence-corrected chi connectivity index (χ0v) is 19.5. The minimum atomic E-state index is -0.184. The fourth-order valence-electron chi connectivity index (χ4n) is 7.15. The Kier molecular flexibility index (Phi) is 5.86. The highest BCUT2D eigenvalue weighted by Crippen LogP contribution is 2.54. The predicted molar refractivity (Wildman–Crippen MR) is 126 cm³/mol. The number of hydrogen-bond donors (Lipinski definition) is 0. The third kappa shape index (κ3) is 4.00. The molecule has 0 amide bonds. The average Bonchev–Trinajstić information content (AvgIpc) is 3.04. The molecule has 0 N–H and O–H groups in total. The molecule has 3 fully saturated rings. The molecule has 0 aromatic heterocycles. The number of fused-ring (bicyclic) bond motifs is 2. The van der Waals surface area contributed by atoms with E-state index in [-0.39, 0.29) is 23.8 Å². The molecule has 2 saturated carbocycles. The van der Waals surface area contributed by atoms with E-state index in [1.165, 1.54) is 36.5 Å². The molecule has 170 valence electrons. The van der Waals surface area contributed by atoms with E-state index in [1.807, 2.05) is 6.07 Å². The number of allylic oxidation sites excluding steroid dienone is 6. The van der Waals surface area contributed by atoms with Crippen LogP contribution in [0, 0.1) is 47.2 Å². The number of esters is 1. The van der Waals surface area contributed by atoms with E-state index in [0.717, 1.165) is 24.3 Å². The van der Waals surface area contributed by atoms with Crippen LogP contribution in [-0.2, 0) is 9.53 Å². The van der Waals surface area contributed by atoms with Gasteiger partial charge in [-0.05, 0) is 91.0 Å². The van der Waals surface area contributed by atoms with Crippen molar-refractivity contribution in [1.29, 1.82) is 0 Å². The Hall–Kier alpha value is -2.16. The Bertz CT molecular complexity index is 973. The van der Waals surface area contributed by atoms with Crippen LogP contribution in [0.5, 0.6) is 0 Å². The van der Waals surface area contributed by atoms with Crippen molar-refractivity contribution in [2.75, 3.05) is 0 Å². The summed E-state index contributed by atoms with van der Waals surface area (Å²) in [6.07, 6.45) is 14.9. The molecule has 1 aromatic carbocycles. The summed E-state index contributed by atoms with van der Waals surface area (Å²) < 4.78 is 19.4. The van der Waals surface area contributed by atoms with Gasteiger partial charge < -0.3 is 4.74 Å². The summed E-state index contributed by atoms with van der Waals surface area (Å²) in [5.74, 6) is 3.07. The van der Waals surface area contributed by atoms with Gasteiger partial charge in [0.25, 0.3) is 0 Å². The summed E-state index contributed by atoms with van der Waals surface area (Å²) in [5.41, 5.74) is 3.49. The maximum Gasteiger partial charge on any atom is 0.309 e. The van der Waals surface area contributed by atoms with Crippen LogP contribution in [0.2, 0.25) is 0 Å². The second-order valence-corrected chi connectivity index (χ2v) is 10.8. The molecule has 3 heteroatoms. The van der Waals surface area contributed by atoms with Crippen LogP contribution >= 0.6 is 0 Å². The molecule has 0 spiro atoms. The summed E-state index contributed by atoms with van der Waals surface area (Å²) >= 11 is 0. The van der Waals surface area contributed by atoms with E-state index in [2.05, 4.69) is 45.1 Å². The zero-order valence-electron chi connectivity index (χ0n) is 19.5. The zero-order chi connectivity index (χ0) is 22.4. The number of carbonyl (C=O) groups excluding carboxylic acids is 1. The quantitative estimate of drug-likeness (QED) is 0.480. The van der Waals surface area contributed by atoms with Gasteiger partial charge in [0.2, 0.25) is 0 Å². The molecular formula is C29H35FO2. The number of cyclic esters (lactones) is 1. The SMILES string of the molecule is CC1CC(/C=C/[C@H]2[C@H]3CC[C@H](C)C[C@H]3C[C@@H]3C(=O)O[C@H](C)[C@H]23)=CC=C1c1cccc(F)c1. The van der Waals surface area contributed by atoms with E-state index in [4.69, 9.17) is 4.74 Å². The molecule has 0 radical (unpaired) electrons. The molecule has 4 aliphatic rings. The van der Waals surface area contributed by atoms with Gasteiger partial charge in [0.05, 0.1) is 5.92 Å². The first-order chi connectivity index (χ1) is 15.4. The maximum absolute atomic E-state index is 13.7. The summed E-state index contributed by atoms with van der Waals surface area (Å²) in [5, 5.41) is 0. The molecule has 1 unspecified atom stereocenters. The van der Waals surface area contributed by atoms with Crippen molar-refractivity contribution in [3.8, 4) is 0 Å². The third-order valence-corrected chi connectivity index (χ3v) is 8.65.